The quantitative estimate of drug-likeness (QED) is 0.840. The number of nitrogens with one attached hydrogen (secondary N) is 1. The molecule has 1 aromatic carbocycles. The Hall–Kier alpha value is -2.39. The Morgan fingerprint density at radius 3 is 2.92 bits per heavy atom. The van der Waals surface area contributed by atoms with Crippen LogP contribution in [-0.4, -0.2) is 44.9 Å². The Morgan fingerprint density at radius 2 is 2.20 bits per heavy atom. The Bertz CT molecular complexity index is 791. The molecular formula is C16H19FN6O2. The van der Waals surface area contributed by atoms with E-state index in [4.69, 9.17) is 10.5 Å². The fourth-order valence-corrected chi connectivity index (χ4v) is 3.01. The molecule has 0 radical (unpaired) electrons. The second kappa shape index (κ2) is 6.49. The smallest absolute Gasteiger partial charge is 0.253 e. The van der Waals surface area contributed by atoms with Gasteiger partial charge in [-0.2, -0.15) is 4.68 Å². The number of benzene rings is 1. The van der Waals surface area contributed by atoms with Crippen LogP contribution < -0.4 is 11.1 Å². The molecule has 1 aliphatic heterocycles. The van der Waals surface area contributed by atoms with Gasteiger partial charge in [0.05, 0.1) is 6.10 Å². The van der Waals surface area contributed by atoms with E-state index in [0.29, 0.717) is 24.5 Å². The van der Waals surface area contributed by atoms with Gasteiger partial charge in [-0.05, 0) is 54.3 Å². The Kier molecular flexibility index (Phi) is 4.18. The minimum Gasteiger partial charge on any atom is -0.364 e. The van der Waals surface area contributed by atoms with Crippen molar-refractivity contribution < 1.29 is 13.9 Å². The van der Waals surface area contributed by atoms with Crippen molar-refractivity contribution in [1.29, 1.82) is 0 Å². The number of nitrogens with two attached hydrogens (primary N) is 1. The Morgan fingerprint density at radius 1 is 1.36 bits per heavy atom. The van der Waals surface area contributed by atoms with E-state index >= 15 is 0 Å². The minimum atomic E-state index is -0.530. The summed E-state index contributed by atoms with van der Waals surface area (Å²) in [5.74, 6) is 0.208. The second-order valence-corrected chi connectivity index (χ2v) is 6.44. The van der Waals surface area contributed by atoms with Crippen LogP contribution in [-0.2, 0) is 9.53 Å². The number of tetrazole rings is 1. The van der Waals surface area contributed by atoms with E-state index in [1.807, 2.05) is 0 Å². The largest absolute Gasteiger partial charge is 0.364 e. The molecule has 2 atom stereocenters. The zero-order valence-electron chi connectivity index (χ0n) is 13.6. The maximum Gasteiger partial charge on any atom is 0.253 e. The highest BCUT2D eigenvalue weighted by Gasteiger charge is 2.31. The summed E-state index contributed by atoms with van der Waals surface area (Å²) in [7, 11) is 0. The van der Waals surface area contributed by atoms with Crippen molar-refractivity contribution in [1.82, 2.24) is 20.2 Å². The molecule has 0 spiro atoms. The molecule has 0 bridgehead atoms. The molecule has 132 valence electrons. The third kappa shape index (κ3) is 3.24. The number of amides is 1. The van der Waals surface area contributed by atoms with Gasteiger partial charge in [0.1, 0.15) is 17.6 Å². The third-order valence-corrected chi connectivity index (χ3v) is 4.54. The average molecular weight is 346 g/mol. The fraction of sp³-hybridized carbons (Fsp3) is 0.500. The van der Waals surface area contributed by atoms with Crippen LogP contribution >= 0.6 is 0 Å². The minimum absolute atomic E-state index is 0.0816. The van der Waals surface area contributed by atoms with Crippen LogP contribution in [0.4, 0.5) is 10.1 Å². The van der Waals surface area contributed by atoms with Crippen LogP contribution in [0.15, 0.2) is 18.2 Å². The van der Waals surface area contributed by atoms with Crippen LogP contribution in [0.1, 0.15) is 37.4 Å². The zero-order valence-corrected chi connectivity index (χ0v) is 13.6. The van der Waals surface area contributed by atoms with E-state index in [1.165, 1.54) is 22.9 Å². The standard InChI is InChI=1S/C16H19FN6O2/c17-12-5-3-10(19-16(24)14-6-4-11(8-18)25-14)7-13(12)23-15(9-1-2-9)20-21-22-23/h3,5,7,9,11,14H,1-2,4,6,8,18H2,(H,19,24)/t11-,14+/m1/s1. The maximum atomic E-state index is 14.3. The summed E-state index contributed by atoms with van der Waals surface area (Å²) in [6.07, 6.45) is 2.78. The molecule has 0 unspecified atom stereocenters. The monoisotopic (exact) mass is 346 g/mol. The highest BCUT2D eigenvalue weighted by Crippen LogP contribution is 2.39. The first-order chi connectivity index (χ1) is 12.2. The number of hydrogen-bond acceptors (Lipinski definition) is 6. The highest BCUT2D eigenvalue weighted by molar-refractivity contribution is 5.94. The van der Waals surface area contributed by atoms with Gasteiger partial charge in [-0.15, -0.1) is 5.10 Å². The van der Waals surface area contributed by atoms with Gasteiger partial charge in [-0.1, -0.05) is 0 Å². The zero-order chi connectivity index (χ0) is 17.4. The lowest BCUT2D eigenvalue weighted by Gasteiger charge is -2.14. The molecule has 1 saturated heterocycles. The fourth-order valence-electron chi connectivity index (χ4n) is 3.01. The summed E-state index contributed by atoms with van der Waals surface area (Å²) in [5.41, 5.74) is 6.25. The van der Waals surface area contributed by atoms with Gasteiger partial charge in [-0.25, -0.2) is 4.39 Å². The van der Waals surface area contributed by atoms with Crippen LogP contribution in [0.3, 0.4) is 0 Å². The molecule has 2 aromatic rings. The predicted octanol–water partition coefficient (Wildman–Crippen LogP) is 1.12. The number of rotatable bonds is 5. The van der Waals surface area contributed by atoms with Crippen LogP contribution in [0.25, 0.3) is 5.69 Å². The summed E-state index contributed by atoms with van der Waals surface area (Å²) in [6, 6.07) is 4.33. The summed E-state index contributed by atoms with van der Waals surface area (Å²) < 4.78 is 21.2. The van der Waals surface area contributed by atoms with Crippen LogP contribution in [0.2, 0.25) is 0 Å². The Balaban J connectivity index is 1.53. The molecule has 8 nitrogen and oxygen atoms in total. The molecule has 2 heterocycles. The number of nitrogens with zero attached hydrogens (tertiary/aromatic N) is 4. The summed E-state index contributed by atoms with van der Waals surface area (Å²) in [6.45, 7) is 0.397. The van der Waals surface area contributed by atoms with E-state index in [1.54, 1.807) is 0 Å². The molecule has 9 heteroatoms. The number of ether oxygens (including phenoxy) is 1. The molecule has 1 saturated carbocycles. The molecule has 1 amide bonds. The summed E-state index contributed by atoms with van der Waals surface area (Å²) in [4.78, 5) is 12.3. The Labute approximate surface area is 143 Å². The molecule has 2 aliphatic rings. The van der Waals surface area contributed by atoms with Gasteiger partial charge in [0.25, 0.3) is 5.91 Å². The topological polar surface area (TPSA) is 108 Å². The van der Waals surface area contributed by atoms with Gasteiger partial charge < -0.3 is 15.8 Å². The first-order valence-corrected chi connectivity index (χ1v) is 8.40. The number of carbonyl (C=O) groups excluding carboxylic acids is 1. The van der Waals surface area contributed by atoms with E-state index in [2.05, 4.69) is 20.8 Å². The molecule has 4 rings (SSSR count). The lowest BCUT2D eigenvalue weighted by molar-refractivity contribution is -0.126. The van der Waals surface area contributed by atoms with E-state index < -0.39 is 11.9 Å². The number of carbonyl (C=O) groups is 1. The number of anilines is 1. The maximum absolute atomic E-state index is 14.3. The van der Waals surface area contributed by atoms with Crippen molar-refractivity contribution in [3.63, 3.8) is 0 Å². The van der Waals surface area contributed by atoms with Gasteiger partial charge in [0.15, 0.2) is 5.82 Å². The van der Waals surface area contributed by atoms with Crippen molar-refractivity contribution in [3.8, 4) is 5.69 Å². The van der Waals surface area contributed by atoms with Gasteiger partial charge >= 0.3 is 0 Å². The third-order valence-electron chi connectivity index (χ3n) is 4.54. The van der Waals surface area contributed by atoms with E-state index in [-0.39, 0.29) is 23.6 Å². The first-order valence-electron chi connectivity index (χ1n) is 8.40. The second-order valence-electron chi connectivity index (χ2n) is 6.44. The van der Waals surface area contributed by atoms with Crippen molar-refractivity contribution >= 4 is 11.6 Å². The molecule has 2 fully saturated rings. The predicted molar refractivity (Wildman–Crippen MR) is 86.7 cm³/mol. The van der Waals surface area contributed by atoms with Crippen molar-refractivity contribution in [2.24, 2.45) is 5.73 Å². The molecule has 1 aromatic heterocycles. The lowest BCUT2D eigenvalue weighted by atomic mass is 10.2. The normalized spacial score (nSPS) is 23.0. The van der Waals surface area contributed by atoms with Gasteiger partial charge in [0, 0.05) is 18.2 Å². The van der Waals surface area contributed by atoms with Gasteiger partial charge in [-0.3, -0.25) is 4.79 Å². The summed E-state index contributed by atoms with van der Waals surface area (Å²) in [5, 5.41) is 14.3. The average Bonchev–Trinajstić information content (AvgIpc) is 3.15. The molecule has 1 aliphatic carbocycles. The van der Waals surface area contributed by atoms with Crippen molar-refractivity contribution in [2.45, 2.75) is 43.8 Å². The summed E-state index contributed by atoms with van der Waals surface area (Å²) >= 11 is 0. The molecular weight excluding hydrogens is 327 g/mol. The highest BCUT2D eigenvalue weighted by atomic mass is 19.1. The molecule has 3 N–H and O–H groups in total. The lowest BCUT2D eigenvalue weighted by Crippen LogP contribution is -2.29. The van der Waals surface area contributed by atoms with Gasteiger partial charge in [0.2, 0.25) is 0 Å². The number of halogens is 1. The van der Waals surface area contributed by atoms with E-state index in [0.717, 1.165) is 19.3 Å². The SMILES string of the molecule is NC[C@H]1CC[C@@H](C(=O)Nc2ccc(F)c(-n3nnnc3C3CC3)c2)O1. The first kappa shape index (κ1) is 16.1. The van der Waals surface area contributed by atoms with Crippen LogP contribution in [0.5, 0.6) is 0 Å². The van der Waals surface area contributed by atoms with Crippen molar-refractivity contribution in [2.75, 3.05) is 11.9 Å². The number of hydrogen-bond donors (Lipinski definition) is 2. The van der Waals surface area contributed by atoms with E-state index in [9.17, 15) is 9.18 Å². The van der Waals surface area contributed by atoms with Crippen LogP contribution in [0, 0.1) is 5.82 Å². The van der Waals surface area contributed by atoms with Crippen molar-refractivity contribution in [3.05, 3.63) is 29.8 Å². The molecule has 25 heavy (non-hydrogen) atoms. The number of aromatic nitrogens is 4.